The lowest BCUT2D eigenvalue weighted by Crippen LogP contribution is -2.37. The molecular formula is C11H20N4S. The number of aliphatic imine (C=N–C) groups is 1. The maximum Gasteiger partial charge on any atom is 0.191 e. The summed E-state index contributed by atoms with van der Waals surface area (Å²) in [4.78, 5) is 10.0. The Bertz CT molecular complexity index is 324. The molecule has 0 aliphatic carbocycles. The molecule has 0 amide bonds. The van der Waals surface area contributed by atoms with E-state index in [0.29, 0.717) is 0 Å². The molecular weight excluding hydrogens is 220 g/mol. The fraction of sp³-hybridized carbons (Fsp3) is 0.636. The molecule has 0 fully saturated rings. The molecule has 0 aromatic carbocycles. The minimum Gasteiger partial charge on any atom is -0.357 e. The average molecular weight is 240 g/mol. The van der Waals surface area contributed by atoms with Crippen molar-refractivity contribution in [1.82, 2.24) is 15.6 Å². The van der Waals surface area contributed by atoms with Crippen LogP contribution in [0.5, 0.6) is 0 Å². The van der Waals surface area contributed by atoms with Gasteiger partial charge in [0, 0.05) is 37.1 Å². The van der Waals surface area contributed by atoms with Gasteiger partial charge in [0.25, 0.3) is 0 Å². The van der Waals surface area contributed by atoms with E-state index in [1.54, 1.807) is 11.3 Å². The molecule has 1 heterocycles. The molecule has 0 radical (unpaired) electrons. The summed E-state index contributed by atoms with van der Waals surface area (Å²) in [6.07, 6.45) is 2.83. The highest BCUT2D eigenvalue weighted by Gasteiger charge is 1.98. The van der Waals surface area contributed by atoms with Crippen LogP contribution in [0.3, 0.4) is 0 Å². The standard InChI is InChI=1S/C11H20N4S/c1-4-12-11(13-5-2)14-7-6-10-15-8-9(3)16-10/h8H,4-7H2,1-3H3,(H2,12,13,14). The summed E-state index contributed by atoms with van der Waals surface area (Å²) in [5, 5.41) is 7.55. The van der Waals surface area contributed by atoms with Crippen LogP contribution < -0.4 is 10.6 Å². The van der Waals surface area contributed by atoms with Crippen molar-refractivity contribution in [2.24, 2.45) is 4.99 Å². The molecule has 0 spiro atoms. The van der Waals surface area contributed by atoms with E-state index in [-0.39, 0.29) is 0 Å². The molecule has 1 aromatic rings. The summed E-state index contributed by atoms with van der Waals surface area (Å²) in [6.45, 7) is 8.77. The molecule has 0 saturated heterocycles. The number of nitrogens with zero attached hydrogens (tertiary/aromatic N) is 2. The van der Waals surface area contributed by atoms with E-state index in [2.05, 4.69) is 41.4 Å². The van der Waals surface area contributed by atoms with E-state index in [1.807, 2.05) is 6.20 Å². The SMILES string of the molecule is CCNC(=NCCc1ncc(C)s1)NCC. The second-order valence-electron chi connectivity index (χ2n) is 3.41. The van der Waals surface area contributed by atoms with E-state index >= 15 is 0 Å². The summed E-state index contributed by atoms with van der Waals surface area (Å²) in [6, 6.07) is 0. The van der Waals surface area contributed by atoms with Crippen molar-refractivity contribution >= 4 is 17.3 Å². The normalized spacial score (nSPS) is 9.94. The molecule has 2 N–H and O–H groups in total. The molecule has 0 aliphatic rings. The maximum absolute atomic E-state index is 4.47. The van der Waals surface area contributed by atoms with Gasteiger partial charge >= 0.3 is 0 Å². The topological polar surface area (TPSA) is 49.3 Å². The van der Waals surface area contributed by atoms with Crippen molar-refractivity contribution in [3.05, 3.63) is 16.1 Å². The highest BCUT2D eigenvalue weighted by atomic mass is 32.1. The molecule has 1 rings (SSSR count). The maximum atomic E-state index is 4.47. The van der Waals surface area contributed by atoms with Gasteiger partial charge < -0.3 is 10.6 Å². The zero-order valence-corrected chi connectivity index (χ0v) is 11.0. The Morgan fingerprint density at radius 2 is 2.06 bits per heavy atom. The Labute approximate surface area is 101 Å². The van der Waals surface area contributed by atoms with Crippen LogP contribution in [-0.2, 0) is 6.42 Å². The van der Waals surface area contributed by atoms with Gasteiger partial charge in [0.2, 0.25) is 0 Å². The average Bonchev–Trinajstić information content (AvgIpc) is 2.65. The monoisotopic (exact) mass is 240 g/mol. The van der Waals surface area contributed by atoms with E-state index in [1.165, 1.54) is 4.88 Å². The van der Waals surface area contributed by atoms with Crippen LogP contribution in [-0.4, -0.2) is 30.6 Å². The second-order valence-corrected chi connectivity index (χ2v) is 4.72. The minimum atomic E-state index is 0.780. The van der Waals surface area contributed by atoms with Gasteiger partial charge in [-0.25, -0.2) is 4.98 Å². The molecule has 4 nitrogen and oxygen atoms in total. The van der Waals surface area contributed by atoms with Gasteiger partial charge in [0.15, 0.2) is 5.96 Å². The van der Waals surface area contributed by atoms with Crippen LogP contribution in [0.1, 0.15) is 23.7 Å². The van der Waals surface area contributed by atoms with Crippen molar-refractivity contribution in [1.29, 1.82) is 0 Å². The molecule has 0 atom stereocenters. The highest BCUT2D eigenvalue weighted by molar-refractivity contribution is 7.11. The first-order valence-corrected chi connectivity index (χ1v) is 6.51. The van der Waals surface area contributed by atoms with Crippen LogP contribution in [0.4, 0.5) is 0 Å². The smallest absolute Gasteiger partial charge is 0.191 e. The van der Waals surface area contributed by atoms with E-state index in [4.69, 9.17) is 0 Å². The van der Waals surface area contributed by atoms with Gasteiger partial charge in [-0.15, -0.1) is 11.3 Å². The molecule has 90 valence electrons. The molecule has 5 heteroatoms. The summed E-state index contributed by atoms with van der Waals surface area (Å²) < 4.78 is 0. The largest absolute Gasteiger partial charge is 0.357 e. The Kier molecular flexibility index (Phi) is 5.85. The first-order valence-electron chi connectivity index (χ1n) is 5.69. The van der Waals surface area contributed by atoms with Crippen LogP contribution >= 0.6 is 11.3 Å². The number of aryl methyl sites for hydroxylation is 1. The Morgan fingerprint density at radius 3 is 2.56 bits per heavy atom. The van der Waals surface area contributed by atoms with Crippen molar-refractivity contribution in [3.8, 4) is 0 Å². The lowest BCUT2D eigenvalue weighted by molar-refractivity contribution is 0.832. The number of rotatable bonds is 5. The molecule has 0 saturated carbocycles. The lowest BCUT2D eigenvalue weighted by atomic mass is 10.4. The van der Waals surface area contributed by atoms with Gasteiger partial charge in [-0.1, -0.05) is 0 Å². The summed E-state index contributed by atoms with van der Waals surface area (Å²) in [7, 11) is 0. The van der Waals surface area contributed by atoms with Crippen LogP contribution in [0.15, 0.2) is 11.2 Å². The first-order chi connectivity index (χ1) is 7.76. The highest BCUT2D eigenvalue weighted by Crippen LogP contribution is 2.11. The number of nitrogens with one attached hydrogen (secondary N) is 2. The number of guanidine groups is 1. The third-order valence-corrected chi connectivity index (χ3v) is 2.93. The van der Waals surface area contributed by atoms with Gasteiger partial charge in [-0.05, 0) is 20.8 Å². The molecule has 1 aromatic heterocycles. The lowest BCUT2D eigenvalue weighted by Gasteiger charge is -2.08. The van der Waals surface area contributed by atoms with Crippen molar-refractivity contribution in [3.63, 3.8) is 0 Å². The van der Waals surface area contributed by atoms with Crippen LogP contribution in [0.25, 0.3) is 0 Å². The van der Waals surface area contributed by atoms with E-state index in [0.717, 1.165) is 37.0 Å². The number of hydrogen-bond acceptors (Lipinski definition) is 3. The predicted molar refractivity (Wildman–Crippen MR) is 70.2 cm³/mol. The van der Waals surface area contributed by atoms with Crippen LogP contribution in [0, 0.1) is 6.92 Å². The van der Waals surface area contributed by atoms with E-state index in [9.17, 15) is 0 Å². The van der Waals surface area contributed by atoms with Crippen molar-refractivity contribution in [2.75, 3.05) is 19.6 Å². The van der Waals surface area contributed by atoms with E-state index < -0.39 is 0 Å². The molecule has 16 heavy (non-hydrogen) atoms. The third-order valence-electron chi connectivity index (χ3n) is 1.95. The summed E-state index contributed by atoms with van der Waals surface area (Å²) >= 11 is 1.74. The summed E-state index contributed by atoms with van der Waals surface area (Å²) in [5.74, 6) is 0.887. The zero-order valence-electron chi connectivity index (χ0n) is 10.2. The Morgan fingerprint density at radius 1 is 1.38 bits per heavy atom. The molecule has 0 bridgehead atoms. The van der Waals surface area contributed by atoms with Gasteiger partial charge in [-0.2, -0.15) is 0 Å². The molecule has 0 unspecified atom stereocenters. The Balaban J connectivity index is 2.38. The fourth-order valence-corrected chi connectivity index (χ4v) is 2.07. The van der Waals surface area contributed by atoms with Gasteiger partial charge in [0.1, 0.15) is 0 Å². The van der Waals surface area contributed by atoms with Gasteiger partial charge in [-0.3, -0.25) is 4.99 Å². The van der Waals surface area contributed by atoms with Crippen molar-refractivity contribution < 1.29 is 0 Å². The molecule has 0 aliphatic heterocycles. The van der Waals surface area contributed by atoms with Crippen LogP contribution in [0.2, 0.25) is 0 Å². The third kappa shape index (κ3) is 4.61. The summed E-state index contributed by atoms with van der Waals surface area (Å²) in [5.41, 5.74) is 0. The zero-order chi connectivity index (χ0) is 11.8. The number of aromatic nitrogens is 1. The predicted octanol–water partition coefficient (Wildman–Crippen LogP) is 1.57. The number of thiazole rings is 1. The van der Waals surface area contributed by atoms with Gasteiger partial charge in [0.05, 0.1) is 5.01 Å². The number of hydrogen-bond donors (Lipinski definition) is 2. The first kappa shape index (κ1) is 13.0. The fourth-order valence-electron chi connectivity index (χ4n) is 1.29. The Hall–Kier alpha value is -1.10. The second kappa shape index (κ2) is 7.22. The van der Waals surface area contributed by atoms with Crippen molar-refractivity contribution in [2.45, 2.75) is 27.2 Å². The quantitative estimate of drug-likeness (QED) is 0.607. The minimum absolute atomic E-state index is 0.780.